The number of nitrogens with one attached hydrogen (secondary N) is 1. The first kappa shape index (κ1) is 13.5. The zero-order chi connectivity index (χ0) is 12.8. The van der Waals surface area contributed by atoms with Crippen molar-refractivity contribution in [2.45, 2.75) is 25.5 Å². The number of aliphatic hydroxyl groups is 1. The Morgan fingerprint density at radius 2 is 2.00 bits per heavy atom. The minimum absolute atomic E-state index is 0.195. The number of hydrogen-bond acceptors (Lipinski definition) is 3. The first-order valence-corrected chi connectivity index (χ1v) is 6.60. The Bertz CT molecular complexity index is 367. The summed E-state index contributed by atoms with van der Waals surface area (Å²) in [5, 5.41) is 13.0. The Balaban J connectivity index is 1.67. The van der Waals surface area contributed by atoms with Crippen molar-refractivity contribution in [2.75, 3.05) is 26.2 Å². The van der Waals surface area contributed by atoms with Crippen LogP contribution in [0, 0.1) is 5.82 Å². The topological polar surface area (TPSA) is 35.5 Å². The van der Waals surface area contributed by atoms with Crippen molar-refractivity contribution in [1.29, 1.82) is 0 Å². The van der Waals surface area contributed by atoms with Gasteiger partial charge in [-0.25, -0.2) is 4.39 Å². The smallest absolute Gasteiger partial charge is 0.127 e. The summed E-state index contributed by atoms with van der Waals surface area (Å²) < 4.78 is 13.3. The van der Waals surface area contributed by atoms with Crippen molar-refractivity contribution < 1.29 is 9.50 Å². The summed E-state index contributed by atoms with van der Waals surface area (Å²) in [6.07, 6.45) is 2.08. The molecule has 1 saturated heterocycles. The molecule has 2 rings (SSSR count). The molecule has 100 valence electrons. The van der Waals surface area contributed by atoms with Gasteiger partial charge in [-0.15, -0.1) is 0 Å². The first-order valence-electron chi connectivity index (χ1n) is 6.60. The molecule has 0 bridgehead atoms. The minimum atomic E-state index is -0.380. The SMILES string of the molecule is OC(CNCc1ccccc1F)CN1CCCC1. The fourth-order valence-electron chi connectivity index (χ4n) is 2.34. The fraction of sp³-hybridized carbons (Fsp3) is 0.571. The molecule has 1 fully saturated rings. The van der Waals surface area contributed by atoms with Crippen LogP contribution in [0.2, 0.25) is 0 Å². The molecule has 4 heteroatoms. The largest absolute Gasteiger partial charge is 0.390 e. The summed E-state index contributed by atoms with van der Waals surface area (Å²) in [6.45, 7) is 3.85. The molecule has 1 unspecified atom stereocenters. The number of benzene rings is 1. The second kappa shape index (κ2) is 6.83. The normalized spacial score (nSPS) is 18.1. The third-order valence-corrected chi connectivity index (χ3v) is 3.32. The molecular weight excluding hydrogens is 231 g/mol. The van der Waals surface area contributed by atoms with Gasteiger partial charge in [-0.2, -0.15) is 0 Å². The molecule has 1 heterocycles. The van der Waals surface area contributed by atoms with Crippen LogP contribution in [-0.2, 0) is 6.54 Å². The van der Waals surface area contributed by atoms with Crippen LogP contribution in [-0.4, -0.2) is 42.3 Å². The molecule has 2 N–H and O–H groups in total. The van der Waals surface area contributed by atoms with E-state index in [1.807, 2.05) is 6.07 Å². The second-order valence-corrected chi connectivity index (χ2v) is 4.88. The number of hydrogen-bond donors (Lipinski definition) is 2. The highest BCUT2D eigenvalue weighted by molar-refractivity contribution is 5.16. The van der Waals surface area contributed by atoms with Gasteiger partial charge in [0, 0.05) is 25.2 Å². The maximum Gasteiger partial charge on any atom is 0.127 e. The van der Waals surface area contributed by atoms with Crippen LogP contribution >= 0.6 is 0 Å². The van der Waals surface area contributed by atoms with Gasteiger partial charge in [0.15, 0.2) is 0 Å². The standard InChI is InChI=1S/C14H21FN2O/c15-14-6-2-1-5-12(14)9-16-10-13(18)11-17-7-3-4-8-17/h1-2,5-6,13,16,18H,3-4,7-11H2. The van der Waals surface area contributed by atoms with Crippen molar-refractivity contribution in [3.05, 3.63) is 35.6 Å². The highest BCUT2D eigenvalue weighted by Gasteiger charge is 2.15. The summed E-state index contributed by atoms with van der Waals surface area (Å²) in [6, 6.07) is 6.72. The number of aliphatic hydroxyl groups excluding tert-OH is 1. The molecule has 1 aliphatic heterocycles. The Kier molecular flexibility index (Phi) is 5.11. The van der Waals surface area contributed by atoms with Gasteiger partial charge in [-0.05, 0) is 32.0 Å². The summed E-state index contributed by atoms with van der Waals surface area (Å²) in [4.78, 5) is 2.27. The van der Waals surface area contributed by atoms with E-state index in [2.05, 4.69) is 10.2 Å². The van der Waals surface area contributed by atoms with Crippen LogP contribution in [0.4, 0.5) is 4.39 Å². The number of rotatable bonds is 6. The lowest BCUT2D eigenvalue weighted by atomic mass is 10.2. The molecular formula is C14H21FN2O. The lowest BCUT2D eigenvalue weighted by molar-refractivity contribution is 0.123. The number of nitrogens with zero attached hydrogens (tertiary/aromatic N) is 1. The van der Waals surface area contributed by atoms with Crippen molar-refractivity contribution in [3.63, 3.8) is 0 Å². The third-order valence-electron chi connectivity index (χ3n) is 3.32. The number of likely N-dealkylation sites (tertiary alicyclic amines) is 1. The molecule has 1 atom stereocenters. The van der Waals surface area contributed by atoms with Crippen LogP contribution in [0.15, 0.2) is 24.3 Å². The molecule has 18 heavy (non-hydrogen) atoms. The molecule has 0 aromatic heterocycles. The van der Waals surface area contributed by atoms with Gasteiger partial charge in [-0.3, -0.25) is 0 Å². The van der Waals surface area contributed by atoms with Crippen LogP contribution in [0.1, 0.15) is 18.4 Å². The van der Waals surface area contributed by atoms with E-state index in [0.717, 1.165) is 13.1 Å². The molecule has 1 aromatic rings. The van der Waals surface area contributed by atoms with Gasteiger partial charge >= 0.3 is 0 Å². The van der Waals surface area contributed by atoms with Gasteiger partial charge in [0.05, 0.1) is 6.10 Å². The highest BCUT2D eigenvalue weighted by atomic mass is 19.1. The molecule has 0 amide bonds. The van der Waals surface area contributed by atoms with Gasteiger partial charge in [-0.1, -0.05) is 18.2 Å². The van der Waals surface area contributed by atoms with E-state index < -0.39 is 0 Å². The monoisotopic (exact) mass is 252 g/mol. The van der Waals surface area contributed by atoms with Gasteiger partial charge in [0.2, 0.25) is 0 Å². The van der Waals surface area contributed by atoms with Gasteiger partial charge < -0.3 is 15.3 Å². The Morgan fingerprint density at radius 1 is 1.28 bits per heavy atom. The Hall–Kier alpha value is -0.970. The lowest BCUT2D eigenvalue weighted by Gasteiger charge is -2.19. The fourth-order valence-corrected chi connectivity index (χ4v) is 2.34. The van der Waals surface area contributed by atoms with Crippen molar-refractivity contribution in [3.8, 4) is 0 Å². The predicted octanol–water partition coefficient (Wildman–Crippen LogP) is 1.37. The van der Waals surface area contributed by atoms with E-state index >= 15 is 0 Å². The van der Waals surface area contributed by atoms with Crippen molar-refractivity contribution >= 4 is 0 Å². The summed E-state index contributed by atoms with van der Waals surface area (Å²) in [5.74, 6) is -0.195. The zero-order valence-corrected chi connectivity index (χ0v) is 10.6. The van der Waals surface area contributed by atoms with Crippen LogP contribution in [0.5, 0.6) is 0 Å². The first-order chi connectivity index (χ1) is 8.75. The second-order valence-electron chi connectivity index (χ2n) is 4.88. The quantitative estimate of drug-likeness (QED) is 0.802. The van der Waals surface area contributed by atoms with E-state index in [-0.39, 0.29) is 11.9 Å². The maximum absolute atomic E-state index is 13.3. The molecule has 0 radical (unpaired) electrons. The Morgan fingerprint density at radius 3 is 2.72 bits per heavy atom. The molecule has 0 aliphatic carbocycles. The van der Waals surface area contributed by atoms with E-state index in [4.69, 9.17) is 0 Å². The minimum Gasteiger partial charge on any atom is -0.390 e. The highest BCUT2D eigenvalue weighted by Crippen LogP contribution is 2.08. The summed E-state index contributed by atoms with van der Waals surface area (Å²) in [7, 11) is 0. The molecule has 3 nitrogen and oxygen atoms in total. The van der Waals surface area contributed by atoms with Gasteiger partial charge in [0.1, 0.15) is 5.82 Å². The Labute approximate surface area is 108 Å². The number of β-amino-alcohol motifs (C(OH)–C–C–N with tert-alkyl or cyclic N) is 1. The van der Waals surface area contributed by atoms with Gasteiger partial charge in [0.25, 0.3) is 0 Å². The van der Waals surface area contributed by atoms with E-state index in [0.29, 0.717) is 25.2 Å². The summed E-state index contributed by atoms with van der Waals surface area (Å²) >= 11 is 0. The molecule has 1 aromatic carbocycles. The van der Waals surface area contributed by atoms with E-state index in [9.17, 15) is 9.50 Å². The molecule has 1 aliphatic rings. The third kappa shape index (κ3) is 4.05. The van der Waals surface area contributed by atoms with Crippen LogP contribution in [0.25, 0.3) is 0 Å². The van der Waals surface area contributed by atoms with Crippen molar-refractivity contribution in [2.24, 2.45) is 0 Å². The van der Waals surface area contributed by atoms with E-state index in [1.54, 1.807) is 12.1 Å². The molecule has 0 saturated carbocycles. The average Bonchev–Trinajstić information content (AvgIpc) is 2.84. The molecule has 0 spiro atoms. The lowest BCUT2D eigenvalue weighted by Crippen LogP contribution is -2.36. The van der Waals surface area contributed by atoms with Crippen LogP contribution < -0.4 is 5.32 Å². The number of halogens is 1. The zero-order valence-electron chi connectivity index (χ0n) is 10.6. The maximum atomic E-state index is 13.3. The van der Waals surface area contributed by atoms with Crippen LogP contribution in [0.3, 0.4) is 0 Å². The predicted molar refractivity (Wildman–Crippen MR) is 69.8 cm³/mol. The average molecular weight is 252 g/mol. The van der Waals surface area contributed by atoms with Crippen molar-refractivity contribution in [1.82, 2.24) is 10.2 Å². The van der Waals surface area contributed by atoms with E-state index in [1.165, 1.54) is 18.9 Å². The summed E-state index contributed by atoms with van der Waals surface area (Å²) in [5.41, 5.74) is 0.644.